The summed E-state index contributed by atoms with van der Waals surface area (Å²) in [5.74, 6) is 0.0447. The maximum Gasteiger partial charge on any atom is 0.335 e. The molecular formula is C33H46O8. The van der Waals surface area contributed by atoms with Gasteiger partial charge < -0.3 is 20.4 Å². The molecule has 0 radical (unpaired) electrons. The molecule has 3 saturated carbocycles. The number of carboxylic acid groups (broad SMARTS) is 4. The minimum absolute atomic E-state index is 0.0489. The van der Waals surface area contributed by atoms with Crippen LogP contribution in [0.25, 0.3) is 0 Å². The van der Waals surface area contributed by atoms with Gasteiger partial charge in [-0.2, -0.15) is 0 Å². The summed E-state index contributed by atoms with van der Waals surface area (Å²) in [6.45, 7) is 1.73. The molecule has 4 N–H and O–H groups in total. The average Bonchev–Trinajstić information content (AvgIpc) is 2.95. The van der Waals surface area contributed by atoms with Gasteiger partial charge in [-0.25, -0.2) is 9.59 Å². The quantitative estimate of drug-likeness (QED) is 0.265. The lowest BCUT2D eigenvalue weighted by atomic mass is 9.62. The molecular weight excluding hydrogens is 524 g/mol. The van der Waals surface area contributed by atoms with Crippen LogP contribution in [-0.4, -0.2) is 44.3 Å². The van der Waals surface area contributed by atoms with Crippen molar-refractivity contribution in [3.8, 4) is 0 Å². The topological polar surface area (TPSA) is 149 Å². The first-order valence-corrected chi connectivity index (χ1v) is 15.6. The van der Waals surface area contributed by atoms with Crippen LogP contribution in [0.3, 0.4) is 0 Å². The Bertz CT molecular complexity index is 1030. The van der Waals surface area contributed by atoms with Crippen molar-refractivity contribution in [2.24, 2.45) is 29.6 Å². The maximum atomic E-state index is 12.2. The van der Waals surface area contributed by atoms with Gasteiger partial charge >= 0.3 is 23.9 Å². The summed E-state index contributed by atoms with van der Waals surface area (Å²) in [5, 5.41) is 36.5. The molecule has 0 heterocycles. The zero-order valence-electron chi connectivity index (χ0n) is 24.2. The van der Waals surface area contributed by atoms with Gasteiger partial charge in [0.15, 0.2) is 0 Å². The van der Waals surface area contributed by atoms with Gasteiger partial charge in [0.05, 0.1) is 11.1 Å². The third-order valence-corrected chi connectivity index (χ3v) is 10.6. The normalized spacial score (nSPS) is 29.4. The van der Waals surface area contributed by atoms with Crippen molar-refractivity contribution in [1.82, 2.24) is 0 Å². The van der Waals surface area contributed by atoms with Crippen molar-refractivity contribution in [2.45, 2.75) is 115 Å². The largest absolute Gasteiger partial charge is 0.481 e. The van der Waals surface area contributed by atoms with Gasteiger partial charge in [-0.3, -0.25) is 9.59 Å². The number of hydrogen-bond acceptors (Lipinski definition) is 4. The van der Waals surface area contributed by atoms with Crippen LogP contribution in [0.2, 0.25) is 0 Å². The summed E-state index contributed by atoms with van der Waals surface area (Å²) in [4.78, 5) is 44.5. The molecule has 0 saturated heterocycles. The van der Waals surface area contributed by atoms with E-state index in [2.05, 4.69) is 0 Å². The molecule has 1 aromatic carbocycles. The van der Waals surface area contributed by atoms with Gasteiger partial charge in [-0.05, 0) is 148 Å². The molecule has 3 fully saturated rings. The predicted molar refractivity (Wildman–Crippen MR) is 153 cm³/mol. The summed E-state index contributed by atoms with van der Waals surface area (Å²) in [6, 6.07) is 3.13. The zero-order chi connectivity index (χ0) is 29.7. The second-order valence-electron chi connectivity index (χ2n) is 13.1. The van der Waals surface area contributed by atoms with E-state index in [0.717, 1.165) is 60.5 Å². The zero-order valence-corrected chi connectivity index (χ0v) is 24.2. The number of fused-ring (bicyclic) bond motifs is 1. The van der Waals surface area contributed by atoms with Crippen molar-refractivity contribution < 1.29 is 39.6 Å². The Morgan fingerprint density at radius 2 is 0.951 bits per heavy atom. The fourth-order valence-electron chi connectivity index (χ4n) is 8.51. The highest BCUT2D eigenvalue weighted by atomic mass is 16.4. The summed E-state index contributed by atoms with van der Waals surface area (Å²) in [7, 11) is 0. The van der Waals surface area contributed by atoms with Gasteiger partial charge in [0.25, 0.3) is 0 Å². The van der Waals surface area contributed by atoms with E-state index < -0.39 is 23.9 Å². The molecule has 0 amide bonds. The van der Waals surface area contributed by atoms with Gasteiger partial charge in [-0.1, -0.05) is 6.92 Å². The molecule has 8 aliphatic carbocycles. The Labute approximate surface area is 242 Å². The third kappa shape index (κ3) is 7.69. The van der Waals surface area contributed by atoms with Gasteiger partial charge in [-0.15, -0.1) is 0 Å². The number of hydrogen-bond donors (Lipinski definition) is 4. The molecule has 0 aromatic heterocycles. The van der Waals surface area contributed by atoms with Gasteiger partial charge in [0.2, 0.25) is 0 Å². The van der Waals surface area contributed by atoms with Crippen molar-refractivity contribution in [2.75, 3.05) is 0 Å². The molecule has 8 aliphatic rings. The van der Waals surface area contributed by atoms with Crippen LogP contribution < -0.4 is 0 Å². The minimum Gasteiger partial charge on any atom is -0.481 e. The SMILES string of the molecule is C[C@H](CCC(=O)O)CC(=O)O.O=C(O)c1ccc(C(=O)O)c2c1C1CCC(CC1)C1CCC(CC1)C1CCC2CC1. The Hall–Kier alpha value is -2.90. The van der Waals surface area contributed by atoms with E-state index in [4.69, 9.17) is 10.2 Å². The average molecular weight is 571 g/mol. The molecule has 0 unspecified atom stereocenters. The molecule has 41 heavy (non-hydrogen) atoms. The van der Waals surface area contributed by atoms with Crippen LogP contribution in [0.15, 0.2) is 12.1 Å². The summed E-state index contributed by atoms with van der Waals surface area (Å²) < 4.78 is 0. The predicted octanol–water partition coefficient (Wildman–Crippen LogP) is 7.41. The molecule has 9 rings (SSSR count). The number of carboxylic acids is 4. The fraction of sp³-hybridized carbons (Fsp3) is 0.697. The molecule has 1 aromatic rings. The first-order valence-electron chi connectivity index (χ1n) is 15.6. The van der Waals surface area contributed by atoms with Crippen LogP contribution in [0.1, 0.15) is 147 Å². The van der Waals surface area contributed by atoms with E-state index in [1.165, 1.54) is 51.4 Å². The van der Waals surface area contributed by atoms with E-state index in [1.807, 2.05) is 0 Å². The highest BCUT2D eigenvalue weighted by Crippen LogP contribution is 2.52. The number of carbonyl (C=O) groups is 4. The second kappa shape index (κ2) is 13.8. The number of rotatable bonds is 7. The summed E-state index contributed by atoms with van der Waals surface area (Å²) in [6.07, 6.45) is 14.8. The minimum atomic E-state index is -0.904. The van der Waals surface area contributed by atoms with Crippen molar-refractivity contribution in [1.29, 1.82) is 0 Å². The summed E-state index contributed by atoms with van der Waals surface area (Å²) >= 11 is 0. The molecule has 226 valence electrons. The highest BCUT2D eigenvalue weighted by molar-refractivity contribution is 5.95. The Morgan fingerprint density at radius 3 is 1.24 bits per heavy atom. The van der Waals surface area contributed by atoms with Crippen molar-refractivity contribution in [3.63, 3.8) is 0 Å². The van der Waals surface area contributed by atoms with Crippen molar-refractivity contribution >= 4 is 23.9 Å². The van der Waals surface area contributed by atoms with E-state index in [9.17, 15) is 29.4 Å². The molecule has 6 bridgehead atoms. The molecule has 8 heteroatoms. The summed E-state index contributed by atoms with van der Waals surface area (Å²) in [5.41, 5.74) is 2.47. The third-order valence-electron chi connectivity index (χ3n) is 10.6. The smallest absolute Gasteiger partial charge is 0.335 e. The lowest BCUT2D eigenvalue weighted by Gasteiger charge is -2.43. The van der Waals surface area contributed by atoms with Crippen LogP contribution in [0, 0.1) is 29.6 Å². The standard InChI is InChI=1S/C26H34O4.C7H12O4/c27-25(28)21-13-14-22(26(29)30)24-20-11-7-18(8-12-20)16-2-1-15(3-4-16)17-5-9-19(10-6-17)23(21)24;1-5(4-7(10)11)2-3-6(8)9/h13-20H,1-12H2,(H,27,28)(H,29,30);5H,2-4H2,1H3,(H,8,9)(H,10,11)/t;5-/m.1/s1. The Morgan fingerprint density at radius 1 is 0.610 bits per heavy atom. The Kier molecular flexibility index (Phi) is 10.5. The molecule has 0 spiro atoms. The van der Waals surface area contributed by atoms with E-state index in [1.54, 1.807) is 19.1 Å². The van der Waals surface area contributed by atoms with Crippen LogP contribution in [-0.2, 0) is 9.59 Å². The number of aliphatic carboxylic acids is 2. The first-order chi connectivity index (χ1) is 19.5. The molecule has 1 atom stereocenters. The molecule has 0 aliphatic heterocycles. The maximum absolute atomic E-state index is 12.2. The van der Waals surface area contributed by atoms with Crippen LogP contribution >= 0.6 is 0 Å². The van der Waals surface area contributed by atoms with Crippen LogP contribution in [0.5, 0.6) is 0 Å². The fourth-order valence-corrected chi connectivity index (χ4v) is 8.51. The van der Waals surface area contributed by atoms with E-state index in [-0.39, 0.29) is 30.6 Å². The van der Waals surface area contributed by atoms with Gasteiger partial charge in [0.1, 0.15) is 0 Å². The number of benzene rings is 1. The lowest BCUT2D eigenvalue weighted by Crippen LogP contribution is -2.31. The number of aromatic carboxylic acids is 2. The second-order valence-corrected chi connectivity index (χ2v) is 13.1. The Balaban J connectivity index is 0.000000301. The lowest BCUT2D eigenvalue weighted by molar-refractivity contribution is -0.140. The van der Waals surface area contributed by atoms with Crippen LogP contribution in [0.4, 0.5) is 0 Å². The van der Waals surface area contributed by atoms with Gasteiger partial charge in [0, 0.05) is 12.8 Å². The highest BCUT2D eigenvalue weighted by Gasteiger charge is 2.39. The van der Waals surface area contributed by atoms with E-state index >= 15 is 0 Å². The van der Waals surface area contributed by atoms with Crippen molar-refractivity contribution in [3.05, 3.63) is 34.4 Å². The van der Waals surface area contributed by atoms with E-state index in [0.29, 0.717) is 17.5 Å². The molecule has 8 nitrogen and oxygen atoms in total. The monoisotopic (exact) mass is 570 g/mol. The first kappa shape index (κ1) is 31.0.